The molecule has 0 N–H and O–H groups in total. The van der Waals surface area contributed by atoms with E-state index in [1.807, 2.05) is 13.0 Å². The van der Waals surface area contributed by atoms with Gasteiger partial charge in [0.2, 0.25) is 0 Å². The standard InChI is InChI=1S/C28H27ClFN3O2/c1-3-4-7-18-32(27(34)20-10-12-21(29)13-11-20)19(2)26-31-25-9-6-5-8-24(25)28(35)33(26)23-16-14-22(30)15-17-23/h5-6,8-17,19H,3-4,7,18H2,1-2H3. The van der Waals surface area contributed by atoms with E-state index in [-0.39, 0.29) is 11.5 Å². The van der Waals surface area contributed by atoms with Crippen molar-refractivity contribution < 1.29 is 9.18 Å². The van der Waals surface area contributed by atoms with Crippen molar-refractivity contribution in [3.8, 4) is 5.69 Å². The minimum absolute atomic E-state index is 0.168. The summed E-state index contributed by atoms with van der Waals surface area (Å²) in [5.74, 6) is -0.151. The van der Waals surface area contributed by atoms with Crippen molar-refractivity contribution in [2.45, 2.75) is 39.2 Å². The van der Waals surface area contributed by atoms with E-state index in [0.29, 0.717) is 39.5 Å². The van der Waals surface area contributed by atoms with E-state index in [9.17, 15) is 14.0 Å². The first-order valence-corrected chi connectivity index (χ1v) is 12.1. The van der Waals surface area contributed by atoms with E-state index < -0.39 is 11.9 Å². The molecule has 4 aromatic rings. The lowest BCUT2D eigenvalue weighted by atomic mass is 10.1. The molecule has 35 heavy (non-hydrogen) atoms. The molecule has 4 rings (SSSR count). The van der Waals surface area contributed by atoms with Crippen LogP contribution in [0.2, 0.25) is 5.02 Å². The highest BCUT2D eigenvalue weighted by atomic mass is 35.5. The second kappa shape index (κ2) is 10.8. The van der Waals surface area contributed by atoms with Crippen LogP contribution >= 0.6 is 11.6 Å². The summed E-state index contributed by atoms with van der Waals surface area (Å²) in [5, 5.41) is 1.00. The van der Waals surface area contributed by atoms with Crippen LogP contribution in [0.25, 0.3) is 16.6 Å². The molecule has 1 aromatic heterocycles. The molecule has 5 nitrogen and oxygen atoms in total. The van der Waals surface area contributed by atoms with E-state index in [2.05, 4.69) is 6.92 Å². The third-order valence-electron chi connectivity index (χ3n) is 6.08. The summed E-state index contributed by atoms with van der Waals surface area (Å²) in [5.41, 5.74) is 1.28. The Hall–Kier alpha value is -3.51. The number of halogens is 2. The maximum Gasteiger partial charge on any atom is 0.266 e. The van der Waals surface area contributed by atoms with Gasteiger partial charge in [0.25, 0.3) is 11.5 Å². The second-order valence-corrected chi connectivity index (χ2v) is 8.93. The number of fused-ring (bicyclic) bond motifs is 1. The molecule has 0 saturated carbocycles. The molecule has 0 saturated heterocycles. The predicted octanol–water partition coefficient (Wildman–Crippen LogP) is 6.57. The fourth-order valence-electron chi connectivity index (χ4n) is 4.17. The van der Waals surface area contributed by atoms with E-state index in [4.69, 9.17) is 16.6 Å². The smallest absolute Gasteiger partial charge is 0.266 e. The number of para-hydroxylation sites is 1. The van der Waals surface area contributed by atoms with Gasteiger partial charge < -0.3 is 4.90 Å². The normalized spacial score (nSPS) is 12.0. The van der Waals surface area contributed by atoms with E-state index in [1.165, 1.54) is 16.7 Å². The lowest BCUT2D eigenvalue weighted by molar-refractivity contribution is 0.0677. The van der Waals surface area contributed by atoms with Crippen LogP contribution in [-0.4, -0.2) is 26.9 Å². The zero-order chi connectivity index (χ0) is 24.9. The largest absolute Gasteiger partial charge is 0.329 e. The minimum atomic E-state index is -0.530. The molecule has 3 aromatic carbocycles. The molecule has 1 heterocycles. The number of benzene rings is 3. The van der Waals surface area contributed by atoms with Gasteiger partial charge in [0, 0.05) is 17.1 Å². The van der Waals surface area contributed by atoms with Crippen LogP contribution in [0, 0.1) is 5.82 Å². The summed E-state index contributed by atoms with van der Waals surface area (Å²) in [7, 11) is 0. The Balaban J connectivity index is 1.87. The molecule has 0 bridgehead atoms. The Kier molecular flexibility index (Phi) is 7.61. The number of hydrogen-bond donors (Lipinski definition) is 0. The Labute approximate surface area is 208 Å². The molecule has 7 heteroatoms. The number of nitrogens with zero attached hydrogens (tertiary/aromatic N) is 3. The first-order valence-electron chi connectivity index (χ1n) is 11.7. The number of amides is 1. The number of hydrogen-bond acceptors (Lipinski definition) is 3. The van der Waals surface area contributed by atoms with Crippen LogP contribution in [0.15, 0.2) is 77.6 Å². The number of carbonyl (C=O) groups excluding carboxylic acids is 1. The fourth-order valence-corrected chi connectivity index (χ4v) is 4.30. The maximum atomic E-state index is 13.7. The van der Waals surface area contributed by atoms with Gasteiger partial charge in [0.15, 0.2) is 0 Å². The summed E-state index contributed by atoms with van der Waals surface area (Å²) in [6.45, 7) is 4.48. The summed E-state index contributed by atoms with van der Waals surface area (Å²) >= 11 is 6.03. The monoisotopic (exact) mass is 491 g/mol. The van der Waals surface area contributed by atoms with Gasteiger partial charge in [0.05, 0.1) is 22.6 Å². The highest BCUT2D eigenvalue weighted by Gasteiger charge is 2.27. The average Bonchev–Trinajstić information content (AvgIpc) is 2.87. The number of rotatable bonds is 8. The van der Waals surface area contributed by atoms with Crippen molar-refractivity contribution in [2.24, 2.45) is 0 Å². The Bertz CT molecular complexity index is 1380. The number of aromatic nitrogens is 2. The molecule has 0 fully saturated rings. The third-order valence-corrected chi connectivity index (χ3v) is 6.33. The summed E-state index contributed by atoms with van der Waals surface area (Å²) < 4.78 is 15.2. The topological polar surface area (TPSA) is 55.2 Å². The quantitative estimate of drug-likeness (QED) is 0.262. The van der Waals surface area contributed by atoms with Crippen molar-refractivity contribution in [1.29, 1.82) is 0 Å². The molecule has 1 amide bonds. The summed E-state index contributed by atoms with van der Waals surface area (Å²) in [4.78, 5) is 33.8. The van der Waals surface area contributed by atoms with Gasteiger partial charge in [0.1, 0.15) is 11.6 Å². The summed E-state index contributed by atoms with van der Waals surface area (Å²) in [6, 6.07) is 19.1. The van der Waals surface area contributed by atoms with Crippen molar-refractivity contribution in [3.05, 3.63) is 105 Å². The molecule has 1 unspecified atom stereocenters. The van der Waals surface area contributed by atoms with Gasteiger partial charge >= 0.3 is 0 Å². The predicted molar refractivity (Wildman–Crippen MR) is 138 cm³/mol. The molecule has 0 aliphatic carbocycles. The molecule has 0 spiro atoms. The van der Waals surface area contributed by atoms with Gasteiger partial charge in [-0.05, 0) is 74.0 Å². The molecule has 180 valence electrons. The zero-order valence-electron chi connectivity index (χ0n) is 19.7. The van der Waals surface area contributed by atoms with Gasteiger partial charge in [-0.1, -0.05) is 43.5 Å². The first-order chi connectivity index (χ1) is 16.9. The lowest BCUT2D eigenvalue weighted by Crippen LogP contribution is -2.38. The lowest BCUT2D eigenvalue weighted by Gasteiger charge is -2.31. The van der Waals surface area contributed by atoms with Crippen molar-refractivity contribution in [1.82, 2.24) is 14.5 Å². The maximum absolute atomic E-state index is 13.7. The number of unbranched alkanes of at least 4 members (excludes halogenated alkanes) is 2. The van der Waals surface area contributed by atoms with E-state index >= 15 is 0 Å². The third kappa shape index (κ3) is 5.28. The molecule has 0 aliphatic heterocycles. The zero-order valence-corrected chi connectivity index (χ0v) is 20.5. The highest BCUT2D eigenvalue weighted by molar-refractivity contribution is 6.30. The summed E-state index contributed by atoms with van der Waals surface area (Å²) in [6.07, 6.45) is 2.79. The molecule has 1 atom stereocenters. The molecule has 0 aliphatic rings. The Morgan fingerprint density at radius 2 is 1.71 bits per heavy atom. The van der Waals surface area contributed by atoms with Crippen molar-refractivity contribution >= 4 is 28.4 Å². The SMILES string of the molecule is CCCCCN(C(=O)c1ccc(Cl)cc1)C(C)c1nc2ccccc2c(=O)n1-c1ccc(F)cc1. The first kappa shape index (κ1) is 24.6. The molecule has 0 radical (unpaired) electrons. The van der Waals surface area contributed by atoms with Gasteiger partial charge in [-0.3, -0.25) is 14.2 Å². The van der Waals surface area contributed by atoms with Gasteiger partial charge in [-0.15, -0.1) is 0 Å². The van der Waals surface area contributed by atoms with Crippen LogP contribution in [0.5, 0.6) is 0 Å². The van der Waals surface area contributed by atoms with E-state index in [1.54, 1.807) is 59.5 Å². The highest BCUT2D eigenvalue weighted by Crippen LogP contribution is 2.25. The van der Waals surface area contributed by atoms with Crippen molar-refractivity contribution in [3.63, 3.8) is 0 Å². The number of carbonyl (C=O) groups is 1. The van der Waals surface area contributed by atoms with E-state index in [0.717, 1.165) is 19.3 Å². The van der Waals surface area contributed by atoms with Crippen LogP contribution < -0.4 is 5.56 Å². The second-order valence-electron chi connectivity index (χ2n) is 8.49. The van der Waals surface area contributed by atoms with Crippen LogP contribution in [-0.2, 0) is 0 Å². The molecular formula is C28H27ClFN3O2. The van der Waals surface area contributed by atoms with Crippen LogP contribution in [0.4, 0.5) is 4.39 Å². The average molecular weight is 492 g/mol. The van der Waals surface area contributed by atoms with Crippen LogP contribution in [0.1, 0.15) is 55.3 Å². The van der Waals surface area contributed by atoms with Gasteiger partial charge in [-0.25, -0.2) is 9.37 Å². The van der Waals surface area contributed by atoms with Gasteiger partial charge in [-0.2, -0.15) is 0 Å². The minimum Gasteiger partial charge on any atom is -0.329 e. The molecular weight excluding hydrogens is 465 g/mol. The Morgan fingerprint density at radius 1 is 1.03 bits per heavy atom. The van der Waals surface area contributed by atoms with Crippen LogP contribution in [0.3, 0.4) is 0 Å². The fraction of sp³-hybridized carbons (Fsp3) is 0.250. The van der Waals surface area contributed by atoms with Crippen molar-refractivity contribution in [2.75, 3.05) is 6.54 Å². The Morgan fingerprint density at radius 3 is 2.40 bits per heavy atom.